The summed E-state index contributed by atoms with van der Waals surface area (Å²) in [5.74, 6) is 2.13. The van der Waals surface area contributed by atoms with Crippen molar-refractivity contribution in [3.63, 3.8) is 0 Å². The van der Waals surface area contributed by atoms with Gasteiger partial charge in [0.2, 0.25) is 0 Å². The van der Waals surface area contributed by atoms with Gasteiger partial charge >= 0.3 is 6.09 Å². The number of anilines is 1. The summed E-state index contributed by atoms with van der Waals surface area (Å²) in [5, 5.41) is 2.85. The molecule has 0 radical (unpaired) electrons. The number of hydrogen-bond acceptors (Lipinski definition) is 6. The smallest absolute Gasteiger partial charge is 0.410 e. The summed E-state index contributed by atoms with van der Waals surface area (Å²) in [5.41, 5.74) is 1.31. The number of methoxy groups -OCH3 is 1. The van der Waals surface area contributed by atoms with Gasteiger partial charge in [-0.05, 0) is 82.4 Å². The van der Waals surface area contributed by atoms with Gasteiger partial charge in [-0.25, -0.2) is 4.79 Å². The standard InChI is InChI=1S/C29H36N2O6/c1-6-24(35-22-12-9-20(10-13-22)19-7-8-19)27(32)30-21-11-14-25(26(17-21)34-5)36-23-15-16-31(18-23)28(33)37-29(2,3)4/h6,9-14,17,19,23H,7-8,15-16,18H2,1-5H3,(H,30,32)/t23-/m1/s1. The molecule has 37 heavy (non-hydrogen) atoms. The van der Waals surface area contributed by atoms with E-state index in [1.165, 1.54) is 18.4 Å². The van der Waals surface area contributed by atoms with Gasteiger partial charge in [-0.1, -0.05) is 12.1 Å². The van der Waals surface area contributed by atoms with E-state index in [-0.39, 0.29) is 23.9 Å². The van der Waals surface area contributed by atoms with Gasteiger partial charge in [0.25, 0.3) is 5.91 Å². The van der Waals surface area contributed by atoms with Crippen LogP contribution < -0.4 is 19.5 Å². The van der Waals surface area contributed by atoms with Crippen LogP contribution in [0.4, 0.5) is 10.5 Å². The third-order valence-electron chi connectivity index (χ3n) is 6.15. The number of allylic oxidation sites excluding steroid dienone is 1. The molecule has 8 nitrogen and oxygen atoms in total. The van der Waals surface area contributed by atoms with E-state index in [1.807, 2.05) is 32.9 Å². The largest absolute Gasteiger partial charge is 0.493 e. The number of hydrogen-bond donors (Lipinski definition) is 1. The van der Waals surface area contributed by atoms with E-state index in [4.69, 9.17) is 18.9 Å². The zero-order valence-electron chi connectivity index (χ0n) is 22.2. The second-order valence-electron chi connectivity index (χ2n) is 10.4. The average Bonchev–Trinajstić information content (AvgIpc) is 3.60. The molecular formula is C29H36N2O6. The van der Waals surface area contributed by atoms with Gasteiger partial charge < -0.3 is 29.2 Å². The van der Waals surface area contributed by atoms with Crippen molar-refractivity contribution in [2.75, 3.05) is 25.5 Å². The molecule has 1 saturated heterocycles. The minimum atomic E-state index is -0.544. The van der Waals surface area contributed by atoms with E-state index in [1.54, 1.807) is 43.2 Å². The molecule has 1 N–H and O–H groups in total. The zero-order chi connectivity index (χ0) is 26.6. The molecule has 1 heterocycles. The number of amides is 2. The third kappa shape index (κ3) is 7.18. The molecule has 2 amide bonds. The normalized spacial score (nSPS) is 17.8. The number of carbonyl (C=O) groups excluding carboxylic acids is 2. The zero-order valence-corrected chi connectivity index (χ0v) is 22.2. The van der Waals surface area contributed by atoms with Crippen molar-refractivity contribution in [2.24, 2.45) is 0 Å². The fourth-order valence-corrected chi connectivity index (χ4v) is 4.12. The lowest BCUT2D eigenvalue weighted by atomic mass is 10.1. The van der Waals surface area contributed by atoms with Gasteiger partial charge in [0.1, 0.15) is 17.5 Å². The van der Waals surface area contributed by atoms with Crippen molar-refractivity contribution >= 4 is 17.7 Å². The average molecular weight is 509 g/mol. The number of likely N-dealkylation sites (tertiary alicyclic amines) is 1. The first-order valence-electron chi connectivity index (χ1n) is 12.7. The molecule has 8 heteroatoms. The van der Waals surface area contributed by atoms with Crippen molar-refractivity contribution in [1.29, 1.82) is 0 Å². The van der Waals surface area contributed by atoms with E-state index in [2.05, 4.69) is 17.4 Å². The second-order valence-corrected chi connectivity index (χ2v) is 10.4. The highest BCUT2D eigenvalue weighted by Gasteiger charge is 2.31. The Bertz CT molecular complexity index is 1150. The van der Waals surface area contributed by atoms with Crippen LogP contribution in [0.1, 0.15) is 58.4 Å². The maximum atomic E-state index is 12.9. The Morgan fingerprint density at radius 2 is 1.76 bits per heavy atom. The van der Waals surface area contributed by atoms with Crippen LogP contribution in [0, 0.1) is 0 Å². The van der Waals surface area contributed by atoms with Crippen molar-refractivity contribution in [1.82, 2.24) is 4.90 Å². The molecule has 0 aromatic heterocycles. The van der Waals surface area contributed by atoms with Crippen LogP contribution in [0.5, 0.6) is 17.2 Å². The van der Waals surface area contributed by atoms with E-state index in [9.17, 15) is 9.59 Å². The van der Waals surface area contributed by atoms with E-state index in [0.717, 1.165) is 0 Å². The van der Waals surface area contributed by atoms with Crippen molar-refractivity contribution < 1.29 is 28.5 Å². The van der Waals surface area contributed by atoms with E-state index in [0.29, 0.717) is 48.4 Å². The van der Waals surface area contributed by atoms with E-state index >= 15 is 0 Å². The molecule has 198 valence electrons. The van der Waals surface area contributed by atoms with Crippen LogP contribution in [-0.2, 0) is 9.53 Å². The predicted molar refractivity (Wildman–Crippen MR) is 141 cm³/mol. The van der Waals surface area contributed by atoms with E-state index < -0.39 is 5.60 Å². The quantitative estimate of drug-likeness (QED) is 0.354. The number of nitrogens with zero attached hydrogens (tertiary/aromatic N) is 1. The lowest BCUT2D eigenvalue weighted by Crippen LogP contribution is -2.36. The minimum Gasteiger partial charge on any atom is -0.493 e. The van der Waals surface area contributed by atoms with Crippen molar-refractivity contribution in [2.45, 2.75) is 64.6 Å². The molecule has 1 atom stereocenters. The molecule has 1 saturated carbocycles. The highest BCUT2D eigenvalue weighted by atomic mass is 16.6. The van der Waals surface area contributed by atoms with Crippen LogP contribution in [0.25, 0.3) is 0 Å². The van der Waals surface area contributed by atoms with Crippen LogP contribution in [0.3, 0.4) is 0 Å². The summed E-state index contributed by atoms with van der Waals surface area (Å²) in [6, 6.07) is 13.1. The summed E-state index contributed by atoms with van der Waals surface area (Å²) in [4.78, 5) is 26.9. The molecule has 1 aliphatic heterocycles. The lowest BCUT2D eigenvalue weighted by molar-refractivity contribution is -0.114. The first-order valence-corrected chi connectivity index (χ1v) is 12.7. The van der Waals surface area contributed by atoms with Crippen molar-refractivity contribution in [3.8, 4) is 17.2 Å². The van der Waals surface area contributed by atoms with Crippen LogP contribution in [-0.4, -0.2) is 48.8 Å². The highest BCUT2D eigenvalue weighted by molar-refractivity contribution is 6.02. The SMILES string of the molecule is CC=C(Oc1ccc(C2CC2)cc1)C(=O)Nc1ccc(O[C@@H]2CCN(C(=O)OC(C)(C)C)C2)c(OC)c1. The second kappa shape index (κ2) is 11.2. The summed E-state index contributed by atoms with van der Waals surface area (Å²) in [7, 11) is 1.54. The third-order valence-corrected chi connectivity index (χ3v) is 6.15. The fourth-order valence-electron chi connectivity index (χ4n) is 4.12. The number of benzene rings is 2. The Labute approximate surface area is 218 Å². The first kappa shape index (κ1) is 26.4. The monoisotopic (exact) mass is 508 g/mol. The predicted octanol–water partition coefficient (Wildman–Crippen LogP) is 5.88. The molecule has 2 fully saturated rings. The van der Waals surface area contributed by atoms with Crippen molar-refractivity contribution in [3.05, 3.63) is 59.9 Å². The molecule has 0 spiro atoms. The molecule has 2 aliphatic rings. The van der Waals surface area contributed by atoms with Crippen LogP contribution in [0.2, 0.25) is 0 Å². The molecule has 4 rings (SSSR count). The van der Waals surface area contributed by atoms with Gasteiger partial charge in [-0.15, -0.1) is 0 Å². The van der Waals surface area contributed by atoms with Crippen LogP contribution in [0.15, 0.2) is 54.3 Å². The maximum absolute atomic E-state index is 12.9. The number of ether oxygens (including phenoxy) is 4. The van der Waals surface area contributed by atoms with Gasteiger partial charge in [0, 0.05) is 24.7 Å². The molecular weight excluding hydrogens is 472 g/mol. The highest BCUT2D eigenvalue weighted by Crippen LogP contribution is 2.40. The summed E-state index contributed by atoms with van der Waals surface area (Å²) >= 11 is 0. The Kier molecular flexibility index (Phi) is 7.95. The number of carbonyl (C=O) groups is 2. The molecule has 0 unspecified atom stereocenters. The van der Waals surface area contributed by atoms with Gasteiger partial charge in [-0.3, -0.25) is 4.79 Å². The first-order chi connectivity index (χ1) is 17.6. The maximum Gasteiger partial charge on any atom is 0.410 e. The molecule has 2 aromatic rings. The molecule has 1 aliphatic carbocycles. The Hall–Kier alpha value is -3.68. The fraction of sp³-hybridized carbons (Fsp3) is 0.448. The Morgan fingerprint density at radius 3 is 2.38 bits per heavy atom. The molecule has 0 bridgehead atoms. The topological polar surface area (TPSA) is 86.3 Å². The summed E-state index contributed by atoms with van der Waals surface area (Å²) in [6.07, 6.45) is 4.27. The number of nitrogens with one attached hydrogen (secondary N) is 1. The van der Waals surface area contributed by atoms with Crippen LogP contribution >= 0.6 is 0 Å². The molecule has 2 aromatic carbocycles. The van der Waals surface area contributed by atoms with Gasteiger partial charge in [0.05, 0.1) is 13.7 Å². The summed E-state index contributed by atoms with van der Waals surface area (Å²) in [6.45, 7) is 8.28. The number of rotatable bonds is 8. The Balaban J connectivity index is 1.34. The van der Waals surface area contributed by atoms with Gasteiger partial charge in [0.15, 0.2) is 17.3 Å². The minimum absolute atomic E-state index is 0.184. The lowest BCUT2D eigenvalue weighted by Gasteiger charge is -2.24. The Morgan fingerprint density at radius 1 is 1.03 bits per heavy atom. The summed E-state index contributed by atoms with van der Waals surface area (Å²) < 4.78 is 22.9. The van der Waals surface area contributed by atoms with Gasteiger partial charge in [-0.2, -0.15) is 0 Å².